The number of nitrogens with two attached hydrogens (primary N) is 1. The molecule has 0 bridgehead atoms. The molecule has 0 aromatic carbocycles. The van der Waals surface area contributed by atoms with Crippen molar-refractivity contribution in [3.63, 3.8) is 0 Å². The van der Waals surface area contributed by atoms with Crippen LogP contribution < -0.4 is 5.73 Å². The fourth-order valence-electron chi connectivity index (χ4n) is 1.48. The van der Waals surface area contributed by atoms with Crippen LogP contribution in [0.25, 0.3) is 0 Å². The second-order valence-electron chi connectivity index (χ2n) is 3.69. The first-order chi connectivity index (χ1) is 6.99. The van der Waals surface area contributed by atoms with Crippen molar-refractivity contribution in [1.82, 2.24) is 4.98 Å². The van der Waals surface area contributed by atoms with E-state index in [2.05, 4.69) is 4.98 Å². The van der Waals surface area contributed by atoms with Crippen LogP contribution in [0.5, 0.6) is 0 Å². The van der Waals surface area contributed by atoms with E-state index in [0.29, 0.717) is 12.5 Å². The van der Waals surface area contributed by atoms with Gasteiger partial charge in [-0.05, 0) is 12.8 Å². The van der Waals surface area contributed by atoms with Gasteiger partial charge in [-0.3, -0.25) is 0 Å². The van der Waals surface area contributed by atoms with Crippen LogP contribution in [0.15, 0.2) is 0 Å². The minimum Gasteiger partial charge on any atom is -0.326 e. The predicted octanol–water partition coefficient (Wildman–Crippen LogP) is 2.58. The van der Waals surface area contributed by atoms with Crippen molar-refractivity contribution in [3.05, 3.63) is 15.6 Å². The van der Waals surface area contributed by atoms with Crippen molar-refractivity contribution in [3.8, 4) is 0 Å². The summed E-state index contributed by atoms with van der Waals surface area (Å²) < 4.78 is 36.4. The van der Waals surface area contributed by atoms with E-state index in [-0.39, 0.29) is 5.01 Å². The second-order valence-corrected chi connectivity index (χ2v) is 4.85. The van der Waals surface area contributed by atoms with Crippen molar-refractivity contribution in [2.24, 2.45) is 5.73 Å². The van der Waals surface area contributed by atoms with E-state index in [0.717, 1.165) is 34.7 Å². The highest BCUT2D eigenvalue weighted by molar-refractivity contribution is 7.11. The molecule has 1 aliphatic rings. The first-order valence-corrected chi connectivity index (χ1v) is 5.56. The summed E-state index contributed by atoms with van der Waals surface area (Å²) in [5.41, 5.74) is 6.29. The highest BCUT2D eigenvalue weighted by atomic mass is 32.1. The molecule has 84 valence electrons. The summed E-state index contributed by atoms with van der Waals surface area (Å²) in [7, 11) is 0. The summed E-state index contributed by atoms with van der Waals surface area (Å²) in [6.45, 7) is 0.293. The molecule has 1 aliphatic carbocycles. The van der Waals surface area contributed by atoms with Gasteiger partial charge in [-0.15, -0.1) is 11.3 Å². The van der Waals surface area contributed by atoms with Crippen molar-refractivity contribution in [1.29, 1.82) is 0 Å². The summed E-state index contributed by atoms with van der Waals surface area (Å²) in [5, 5.41) is 0.143. The molecule has 1 heterocycles. The van der Waals surface area contributed by atoms with Crippen LogP contribution >= 0.6 is 11.3 Å². The van der Waals surface area contributed by atoms with Gasteiger partial charge in [-0.25, -0.2) is 4.98 Å². The Bertz CT molecular complexity index is 355. The zero-order valence-corrected chi connectivity index (χ0v) is 8.79. The fourth-order valence-corrected chi connectivity index (χ4v) is 2.55. The van der Waals surface area contributed by atoms with Gasteiger partial charge >= 0.3 is 6.18 Å². The second kappa shape index (κ2) is 3.75. The Labute approximate surface area is 89.3 Å². The quantitative estimate of drug-likeness (QED) is 0.876. The van der Waals surface area contributed by atoms with E-state index in [1.807, 2.05) is 0 Å². The highest BCUT2D eigenvalue weighted by Crippen LogP contribution is 2.43. The number of alkyl halides is 3. The fraction of sp³-hybridized carbons (Fsp3) is 0.667. The molecule has 1 aromatic rings. The molecule has 2 N–H and O–H groups in total. The maximum absolute atomic E-state index is 12.1. The number of hydrogen-bond acceptors (Lipinski definition) is 3. The molecule has 2 nitrogen and oxygen atoms in total. The third-order valence-corrected chi connectivity index (χ3v) is 3.37. The van der Waals surface area contributed by atoms with Crippen LogP contribution in [0.4, 0.5) is 13.2 Å². The molecule has 0 saturated heterocycles. The van der Waals surface area contributed by atoms with Gasteiger partial charge in [0.15, 0.2) is 0 Å². The van der Waals surface area contributed by atoms with E-state index in [4.69, 9.17) is 5.73 Å². The molecule has 1 aromatic heterocycles. The first kappa shape index (κ1) is 10.9. The van der Waals surface area contributed by atoms with Gasteiger partial charge < -0.3 is 5.73 Å². The number of hydrogen-bond donors (Lipinski definition) is 1. The Hall–Kier alpha value is -0.620. The molecule has 6 heteroatoms. The monoisotopic (exact) mass is 236 g/mol. The van der Waals surface area contributed by atoms with Crippen LogP contribution in [0.2, 0.25) is 0 Å². The summed E-state index contributed by atoms with van der Waals surface area (Å²) in [4.78, 5) is 4.86. The van der Waals surface area contributed by atoms with E-state index < -0.39 is 12.6 Å². The molecule has 0 unspecified atom stereocenters. The van der Waals surface area contributed by atoms with Crippen molar-refractivity contribution in [2.45, 2.75) is 37.9 Å². The molecular weight excluding hydrogens is 225 g/mol. The molecule has 0 atom stereocenters. The van der Waals surface area contributed by atoms with Crippen LogP contribution in [-0.2, 0) is 13.0 Å². The minimum absolute atomic E-state index is 0.143. The lowest BCUT2D eigenvalue weighted by Crippen LogP contribution is -2.11. The van der Waals surface area contributed by atoms with Gasteiger partial charge in [-0.2, -0.15) is 13.2 Å². The Morgan fingerprint density at radius 1 is 1.40 bits per heavy atom. The van der Waals surface area contributed by atoms with Crippen LogP contribution in [0.1, 0.15) is 34.3 Å². The molecular formula is C9H11F3N2S. The number of thiazole rings is 1. The predicted molar refractivity (Wildman–Crippen MR) is 51.7 cm³/mol. The lowest BCUT2D eigenvalue weighted by atomic mass is 10.2. The van der Waals surface area contributed by atoms with E-state index in [9.17, 15) is 13.2 Å². The van der Waals surface area contributed by atoms with Gasteiger partial charge in [0.2, 0.25) is 0 Å². The molecule has 0 amide bonds. The molecule has 1 saturated carbocycles. The first-order valence-electron chi connectivity index (χ1n) is 4.75. The zero-order chi connectivity index (χ0) is 11.1. The van der Waals surface area contributed by atoms with Gasteiger partial charge in [-0.1, -0.05) is 0 Å². The maximum Gasteiger partial charge on any atom is 0.395 e. The highest BCUT2D eigenvalue weighted by Gasteiger charge is 2.33. The number of rotatable bonds is 3. The Morgan fingerprint density at radius 2 is 2.07 bits per heavy atom. The van der Waals surface area contributed by atoms with Crippen molar-refractivity contribution < 1.29 is 13.2 Å². The third kappa shape index (κ3) is 2.69. The third-order valence-electron chi connectivity index (χ3n) is 2.27. The van der Waals surface area contributed by atoms with E-state index in [1.165, 1.54) is 0 Å². The van der Waals surface area contributed by atoms with Crippen molar-refractivity contribution in [2.75, 3.05) is 0 Å². The van der Waals surface area contributed by atoms with Gasteiger partial charge in [0, 0.05) is 17.3 Å². The normalized spacial score (nSPS) is 17.1. The molecule has 0 radical (unpaired) electrons. The van der Waals surface area contributed by atoms with E-state index in [1.54, 1.807) is 0 Å². The Kier molecular flexibility index (Phi) is 2.72. The van der Waals surface area contributed by atoms with Gasteiger partial charge in [0.1, 0.15) is 5.01 Å². The minimum atomic E-state index is -4.18. The number of halogens is 3. The molecule has 2 rings (SSSR count). The number of nitrogens with zero attached hydrogens (tertiary/aromatic N) is 1. The summed E-state index contributed by atoms with van der Waals surface area (Å²) in [6, 6.07) is 0. The van der Waals surface area contributed by atoms with Gasteiger partial charge in [0.05, 0.1) is 12.1 Å². The summed E-state index contributed by atoms with van der Waals surface area (Å²) >= 11 is 1.10. The summed E-state index contributed by atoms with van der Waals surface area (Å²) in [5.74, 6) is 0.363. The van der Waals surface area contributed by atoms with Crippen LogP contribution in [-0.4, -0.2) is 11.2 Å². The Morgan fingerprint density at radius 3 is 2.53 bits per heavy atom. The van der Waals surface area contributed by atoms with Gasteiger partial charge in [0.25, 0.3) is 0 Å². The number of aromatic nitrogens is 1. The zero-order valence-electron chi connectivity index (χ0n) is 7.97. The largest absolute Gasteiger partial charge is 0.395 e. The smallest absolute Gasteiger partial charge is 0.326 e. The van der Waals surface area contributed by atoms with Crippen LogP contribution in [0, 0.1) is 0 Å². The maximum atomic E-state index is 12.1. The topological polar surface area (TPSA) is 38.9 Å². The van der Waals surface area contributed by atoms with Crippen molar-refractivity contribution >= 4 is 11.3 Å². The molecule has 1 fully saturated rings. The molecule has 15 heavy (non-hydrogen) atoms. The lowest BCUT2D eigenvalue weighted by molar-refractivity contribution is -0.127. The van der Waals surface area contributed by atoms with E-state index >= 15 is 0 Å². The standard InChI is InChI=1S/C9H11F3N2S/c10-9(11,12)3-7-14-8(5-1-2-5)6(4-13)15-7/h5H,1-4,13H2. The summed E-state index contributed by atoms with van der Waals surface area (Å²) in [6.07, 6.45) is -3.05. The average Bonchev–Trinajstić information content (AvgIpc) is 2.86. The lowest BCUT2D eigenvalue weighted by Gasteiger charge is -2.01. The Balaban J connectivity index is 2.19. The molecule has 0 spiro atoms. The molecule has 0 aliphatic heterocycles. The average molecular weight is 236 g/mol. The van der Waals surface area contributed by atoms with Crippen LogP contribution in [0.3, 0.4) is 0 Å². The SMILES string of the molecule is NCc1sc(CC(F)(F)F)nc1C1CC1.